The van der Waals surface area contributed by atoms with Gasteiger partial charge in [0.15, 0.2) is 6.61 Å². The van der Waals surface area contributed by atoms with Gasteiger partial charge >= 0.3 is 6.18 Å². The molecule has 1 fully saturated rings. The number of thioether (sulfide) groups is 1. The number of halogens is 3. The summed E-state index contributed by atoms with van der Waals surface area (Å²) in [6.45, 7) is 1.82. The van der Waals surface area contributed by atoms with Crippen molar-refractivity contribution >= 4 is 23.4 Å². The SMILES string of the molecule is O=C(COc1coc(CN2CCSCC2)cc1=O)Nc1cccc(C(F)(F)F)c1. The second kappa shape index (κ2) is 9.36. The van der Waals surface area contributed by atoms with E-state index in [1.54, 1.807) is 0 Å². The third kappa shape index (κ3) is 6.26. The predicted octanol–water partition coefficient (Wildman–Crippen LogP) is 3.22. The highest BCUT2D eigenvalue weighted by Crippen LogP contribution is 2.30. The molecule has 0 saturated carbocycles. The van der Waals surface area contributed by atoms with Crippen molar-refractivity contribution in [2.45, 2.75) is 12.7 Å². The zero-order valence-electron chi connectivity index (χ0n) is 15.3. The second-order valence-corrected chi connectivity index (χ2v) is 7.60. The molecule has 29 heavy (non-hydrogen) atoms. The van der Waals surface area contributed by atoms with Crippen LogP contribution < -0.4 is 15.5 Å². The normalized spacial score (nSPS) is 15.1. The van der Waals surface area contributed by atoms with E-state index in [4.69, 9.17) is 9.15 Å². The Hall–Kier alpha value is -2.46. The fourth-order valence-electron chi connectivity index (χ4n) is 2.72. The van der Waals surface area contributed by atoms with Crippen LogP contribution in [-0.4, -0.2) is 42.0 Å². The van der Waals surface area contributed by atoms with Crippen LogP contribution in [-0.2, 0) is 17.5 Å². The van der Waals surface area contributed by atoms with Gasteiger partial charge in [0, 0.05) is 36.3 Å². The van der Waals surface area contributed by atoms with Crippen LogP contribution in [0.3, 0.4) is 0 Å². The number of ether oxygens (including phenoxy) is 1. The molecule has 2 aromatic rings. The van der Waals surface area contributed by atoms with Crippen molar-refractivity contribution in [3.8, 4) is 5.75 Å². The number of alkyl halides is 3. The van der Waals surface area contributed by atoms with Gasteiger partial charge in [-0.2, -0.15) is 24.9 Å². The Bertz CT molecular complexity index is 911. The lowest BCUT2D eigenvalue weighted by atomic mass is 10.2. The zero-order chi connectivity index (χ0) is 20.9. The van der Waals surface area contributed by atoms with Crippen LogP contribution in [0.25, 0.3) is 0 Å². The number of hydrogen-bond donors (Lipinski definition) is 1. The molecule has 1 N–H and O–H groups in total. The second-order valence-electron chi connectivity index (χ2n) is 6.38. The number of benzene rings is 1. The Balaban J connectivity index is 1.54. The van der Waals surface area contributed by atoms with Gasteiger partial charge in [-0.05, 0) is 18.2 Å². The summed E-state index contributed by atoms with van der Waals surface area (Å²) in [6.07, 6.45) is -3.36. The third-order valence-electron chi connectivity index (χ3n) is 4.17. The summed E-state index contributed by atoms with van der Waals surface area (Å²) in [7, 11) is 0. The van der Waals surface area contributed by atoms with Crippen LogP contribution >= 0.6 is 11.8 Å². The lowest BCUT2D eigenvalue weighted by Gasteiger charge is -2.25. The summed E-state index contributed by atoms with van der Waals surface area (Å²) < 4.78 is 48.7. The van der Waals surface area contributed by atoms with E-state index < -0.39 is 29.7 Å². The molecule has 1 amide bonds. The first-order valence-corrected chi connectivity index (χ1v) is 9.98. The van der Waals surface area contributed by atoms with Crippen LogP contribution in [0.2, 0.25) is 0 Å². The lowest BCUT2D eigenvalue weighted by molar-refractivity contribution is -0.137. The van der Waals surface area contributed by atoms with E-state index in [0.29, 0.717) is 12.3 Å². The number of carbonyl (C=O) groups is 1. The highest BCUT2D eigenvalue weighted by molar-refractivity contribution is 7.99. The summed E-state index contributed by atoms with van der Waals surface area (Å²) in [4.78, 5) is 26.3. The monoisotopic (exact) mass is 428 g/mol. The van der Waals surface area contributed by atoms with Gasteiger partial charge in [-0.25, -0.2) is 0 Å². The molecule has 0 atom stereocenters. The number of carbonyl (C=O) groups excluding carboxylic acids is 1. The van der Waals surface area contributed by atoms with Gasteiger partial charge in [0.05, 0.1) is 12.1 Å². The molecule has 1 aliphatic heterocycles. The highest BCUT2D eigenvalue weighted by atomic mass is 32.2. The minimum Gasteiger partial charge on any atom is -0.477 e. The molecular weight excluding hydrogens is 409 g/mol. The fourth-order valence-corrected chi connectivity index (χ4v) is 3.70. The largest absolute Gasteiger partial charge is 0.477 e. The molecule has 3 rings (SSSR count). The van der Waals surface area contributed by atoms with Gasteiger partial charge in [0.2, 0.25) is 11.2 Å². The summed E-state index contributed by atoms with van der Waals surface area (Å²) in [5, 5.41) is 2.30. The van der Waals surface area contributed by atoms with E-state index in [2.05, 4.69) is 10.2 Å². The molecule has 10 heteroatoms. The summed E-state index contributed by atoms with van der Waals surface area (Å²) in [5.41, 5.74) is -1.32. The average molecular weight is 428 g/mol. The van der Waals surface area contributed by atoms with Gasteiger partial charge in [-0.3, -0.25) is 14.5 Å². The molecule has 0 aliphatic carbocycles. The standard InChI is InChI=1S/C19H19F3N2O4S/c20-19(21,22)13-2-1-3-14(8-13)23-18(26)12-28-17-11-27-15(9-16(17)25)10-24-4-6-29-7-5-24/h1-3,8-9,11H,4-7,10,12H2,(H,23,26). The van der Waals surface area contributed by atoms with E-state index in [-0.39, 0.29) is 11.4 Å². The Morgan fingerprint density at radius 2 is 2.00 bits per heavy atom. The van der Waals surface area contributed by atoms with Gasteiger partial charge in [0.25, 0.3) is 5.91 Å². The minimum absolute atomic E-state index is 0.0181. The van der Waals surface area contributed by atoms with Crippen molar-refractivity contribution in [1.82, 2.24) is 4.90 Å². The Labute approximate surface area is 169 Å². The minimum atomic E-state index is -4.51. The first kappa shape index (κ1) is 21.3. The predicted molar refractivity (Wildman–Crippen MR) is 103 cm³/mol. The molecule has 1 aliphatic rings. The highest BCUT2D eigenvalue weighted by Gasteiger charge is 2.30. The van der Waals surface area contributed by atoms with Crippen molar-refractivity contribution in [2.24, 2.45) is 0 Å². The lowest BCUT2D eigenvalue weighted by Crippen LogP contribution is -2.32. The molecule has 1 saturated heterocycles. The van der Waals surface area contributed by atoms with Gasteiger partial charge in [0.1, 0.15) is 12.0 Å². The first-order chi connectivity index (χ1) is 13.8. The van der Waals surface area contributed by atoms with E-state index >= 15 is 0 Å². The molecule has 0 unspecified atom stereocenters. The summed E-state index contributed by atoms with van der Waals surface area (Å²) >= 11 is 1.88. The van der Waals surface area contributed by atoms with Crippen LogP contribution in [0, 0.1) is 0 Å². The Morgan fingerprint density at radius 1 is 1.24 bits per heavy atom. The van der Waals surface area contributed by atoms with E-state index in [1.165, 1.54) is 18.2 Å². The Kier molecular flexibility index (Phi) is 6.86. The molecular formula is C19H19F3N2O4S. The van der Waals surface area contributed by atoms with Crippen molar-refractivity contribution in [3.05, 3.63) is 58.1 Å². The van der Waals surface area contributed by atoms with Gasteiger partial charge < -0.3 is 14.5 Å². The quantitative estimate of drug-likeness (QED) is 0.762. The number of nitrogens with zero attached hydrogens (tertiary/aromatic N) is 1. The molecule has 1 aromatic heterocycles. The maximum absolute atomic E-state index is 12.7. The third-order valence-corrected chi connectivity index (χ3v) is 5.11. The van der Waals surface area contributed by atoms with Crippen LogP contribution in [0.15, 0.2) is 45.8 Å². The Morgan fingerprint density at radius 3 is 2.69 bits per heavy atom. The van der Waals surface area contributed by atoms with E-state index in [9.17, 15) is 22.8 Å². The number of amides is 1. The number of anilines is 1. The smallest absolute Gasteiger partial charge is 0.416 e. The summed E-state index contributed by atoms with van der Waals surface area (Å²) in [6, 6.07) is 5.56. The van der Waals surface area contributed by atoms with Gasteiger partial charge in [-0.15, -0.1) is 0 Å². The van der Waals surface area contributed by atoms with Crippen LogP contribution in [0.4, 0.5) is 18.9 Å². The summed E-state index contributed by atoms with van der Waals surface area (Å²) in [5.74, 6) is 1.74. The molecule has 2 heterocycles. The maximum atomic E-state index is 12.7. The van der Waals surface area contributed by atoms with E-state index in [0.717, 1.165) is 43.0 Å². The topological polar surface area (TPSA) is 71.8 Å². The van der Waals surface area contributed by atoms with Crippen molar-refractivity contribution in [2.75, 3.05) is 36.5 Å². The first-order valence-electron chi connectivity index (χ1n) is 8.83. The van der Waals surface area contributed by atoms with Crippen molar-refractivity contribution < 1.29 is 27.1 Å². The average Bonchev–Trinajstić information content (AvgIpc) is 2.68. The van der Waals surface area contributed by atoms with Crippen molar-refractivity contribution in [1.29, 1.82) is 0 Å². The number of nitrogens with one attached hydrogen (secondary N) is 1. The maximum Gasteiger partial charge on any atom is 0.416 e. The number of rotatable bonds is 6. The molecule has 0 bridgehead atoms. The van der Waals surface area contributed by atoms with Crippen LogP contribution in [0.1, 0.15) is 11.3 Å². The molecule has 1 aromatic carbocycles. The molecule has 0 spiro atoms. The van der Waals surface area contributed by atoms with Crippen LogP contribution in [0.5, 0.6) is 5.75 Å². The van der Waals surface area contributed by atoms with E-state index in [1.807, 2.05) is 11.8 Å². The zero-order valence-corrected chi connectivity index (χ0v) is 16.1. The molecule has 156 valence electrons. The van der Waals surface area contributed by atoms with Gasteiger partial charge in [-0.1, -0.05) is 6.07 Å². The number of hydrogen-bond acceptors (Lipinski definition) is 6. The van der Waals surface area contributed by atoms with Crippen molar-refractivity contribution in [3.63, 3.8) is 0 Å². The molecule has 6 nitrogen and oxygen atoms in total. The molecule has 0 radical (unpaired) electrons. The fraction of sp³-hybridized carbons (Fsp3) is 0.368.